The number of alkyl halides is 3. The Balaban J connectivity index is 1.87. The molecule has 1 saturated heterocycles. The van der Waals surface area contributed by atoms with E-state index >= 15 is 0 Å². The van der Waals surface area contributed by atoms with Crippen LogP contribution in [0, 0.1) is 5.92 Å². The van der Waals surface area contributed by atoms with Crippen LogP contribution in [0.2, 0.25) is 5.15 Å². The molecule has 1 fully saturated rings. The zero-order chi connectivity index (χ0) is 24.0. The molecule has 32 heavy (non-hydrogen) atoms. The monoisotopic (exact) mass is 486 g/mol. The van der Waals surface area contributed by atoms with Crippen LogP contribution in [0.4, 0.5) is 18.9 Å². The smallest absolute Gasteiger partial charge is 0.416 e. The molecule has 2 heterocycles. The fraction of sp³-hybridized carbons (Fsp3) is 0.211. The lowest BCUT2D eigenvalue weighted by molar-refractivity contribution is -0.149. The molecule has 13 heteroatoms. The predicted molar refractivity (Wildman–Crippen MR) is 112 cm³/mol. The van der Waals surface area contributed by atoms with Crippen molar-refractivity contribution in [1.29, 1.82) is 0 Å². The molecule has 8 nitrogen and oxygen atoms in total. The molecule has 168 valence electrons. The van der Waals surface area contributed by atoms with Crippen molar-refractivity contribution in [2.24, 2.45) is 5.92 Å². The van der Waals surface area contributed by atoms with E-state index in [9.17, 15) is 32.7 Å². The van der Waals surface area contributed by atoms with E-state index in [0.717, 1.165) is 21.9 Å². The number of hydrogen-bond acceptors (Lipinski definition) is 6. The number of phenolic OH excluding ortho intramolecular Hbond substituents is 1. The summed E-state index contributed by atoms with van der Waals surface area (Å²) in [6.45, 7) is 0. The van der Waals surface area contributed by atoms with E-state index in [-0.39, 0.29) is 22.1 Å². The molecule has 2 aromatic rings. The number of nitrogens with zero attached hydrogens (tertiary/aromatic N) is 3. The fourth-order valence-corrected chi connectivity index (χ4v) is 3.33. The minimum Gasteiger partial charge on any atom is -0.506 e. The van der Waals surface area contributed by atoms with Gasteiger partial charge >= 0.3 is 6.18 Å². The van der Waals surface area contributed by atoms with Crippen molar-refractivity contribution in [3.05, 3.63) is 41.0 Å². The van der Waals surface area contributed by atoms with Crippen LogP contribution in [0.25, 0.3) is 11.3 Å². The highest BCUT2D eigenvalue weighted by Crippen LogP contribution is 2.35. The third-order valence-corrected chi connectivity index (χ3v) is 5.41. The van der Waals surface area contributed by atoms with Gasteiger partial charge in [0.05, 0.1) is 16.9 Å². The van der Waals surface area contributed by atoms with Crippen molar-refractivity contribution >= 4 is 52.3 Å². The lowest BCUT2D eigenvalue weighted by atomic mass is 10.0. The Hall–Kier alpha value is -3.25. The normalized spacial score (nSPS) is 15.4. The van der Waals surface area contributed by atoms with E-state index in [1.807, 2.05) is 0 Å². The Labute approximate surface area is 189 Å². The quantitative estimate of drug-likeness (QED) is 0.299. The number of hydrogen-bond donors (Lipinski definition) is 2. The average Bonchev–Trinajstić information content (AvgIpc) is 2.71. The lowest BCUT2D eigenvalue weighted by Gasteiger charge is -2.34. The molecule has 0 atom stereocenters. The Morgan fingerprint density at radius 1 is 1.16 bits per heavy atom. The number of anilines is 1. The fourth-order valence-electron chi connectivity index (χ4n) is 2.94. The molecule has 0 saturated carbocycles. The molecule has 1 aliphatic heterocycles. The Kier molecular flexibility index (Phi) is 6.11. The summed E-state index contributed by atoms with van der Waals surface area (Å²) < 4.78 is 39.0. The molecule has 1 aromatic carbocycles. The maximum Gasteiger partial charge on any atom is 0.416 e. The second-order valence-corrected chi connectivity index (χ2v) is 7.55. The number of aromatic nitrogens is 1. The highest BCUT2D eigenvalue weighted by Gasteiger charge is 2.45. The lowest BCUT2D eigenvalue weighted by Crippen LogP contribution is -2.59. The molecule has 3 rings (SSSR count). The van der Waals surface area contributed by atoms with E-state index in [0.29, 0.717) is 6.07 Å². The number of nitrogens with one attached hydrogen (secondary N) is 1. The first-order chi connectivity index (χ1) is 14.8. The molecule has 1 aliphatic rings. The summed E-state index contributed by atoms with van der Waals surface area (Å²) in [6.07, 6.45) is -4.65. The molecule has 0 bridgehead atoms. The Bertz CT molecular complexity index is 1130. The molecular formula is C19H14ClF3N4O4S. The predicted octanol–water partition coefficient (Wildman–Crippen LogP) is 2.90. The summed E-state index contributed by atoms with van der Waals surface area (Å²) in [6, 6.07) is 4.96. The maximum atomic E-state index is 13.0. The van der Waals surface area contributed by atoms with Crippen LogP contribution in [0.5, 0.6) is 5.75 Å². The third-order valence-electron chi connectivity index (χ3n) is 4.66. The van der Waals surface area contributed by atoms with Crippen LogP contribution in [-0.2, 0) is 20.6 Å². The summed E-state index contributed by atoms with van der Waals surface area (Å²) in [5, 5.41) is 12.1. The van der Waals surface area contributed by atoms with Crippen LogP contribution in [0.15, 0.2) is 30.3 Å². The van der Waals surface area contributed by atoms with Gasteiger partial charge in [0.15, 0.2) is 11.0 Å². The van der Waals surface area contributed by atoms with E-state index in [2.05, 4.69) is 10.3 Å². The SMILES string of the molecule is CN1C(=O)C(C(=O)Nc2ccc(-c3cc(C(F)(F)F)cc(Cl)n3)cc2O)C(=O)N(C)C1=S. The summed E-state index contributed by atoms with van der Waals surface area (Å²) in [5.41, 5.74) is -1.27. The number of halogens is 4. The van der Waals surface area contributed by atoms with Gasteiger partial charge in [-0.25, -0.2) is 4.98 Å². The molecule has 0 unspecified atom stereocenters. The standard InChI is InChI=1S/C19H14ClF3N4O4S/c1-26-16(30)14(17(31)27(2)18(26)32)15(29)25-10-4-3-8(5-12(10)28)11-6-9(19(21,22)23)7-13(20)24-11/h3-7,14,28H,1-2H3,(H,25,29). The maximum absolute atomic E-state index is 13.0. The van der Waals surface area contributed by atoms with Gasteiger partial charge in [0, 0.05) is 19.7 Å². The average molecular weight is 487 g/mol. The Morgan fingerprint density at radius 3 is 2.28 bits per heavy atom. The van der Waals surface area contributed by atoms with E-state index in [4.69, 9.17) is 23.8 Å². The van der Waals surface area contributed by atoms with Crippen LogP contribution < -0.4 is 5.32 Å². The minimum atomic E-state index is -4.65. The first kappa shape index (κ1) is 23.4. The van der Waals surface area contributed by atoms with Crippen LogP contribution in [0.3, 0.4) is 0 Å². The number of amides is 3. The third kappa shape index (κ3) is 4.36. The van der Waals surface area contributed by atoms with Crippen molar-refractivity contribution in [2.45, 2.75) is 6.18 Å². The summed E-state index contributed by atoms with van der Waals surface area (Å²) in [5.74, 6) is -4.94. The van der Waals surface area contributed by atoms with Crippen molar-refractivity contribution < 1.29 is 32.7 Å². The van der Waals surface area contributed by atoms with Gasteiger partial charge in [-0.15, -0.1) is 0 Å². The van der Waals surface area contributed by atoms with Crippen molar-refractivity contribution in [1.82, 2.24) is 14.8 Å². The van der Waals surface area contributed by atoms with Gasteiger partial charge in [0.2, 0.25) is 5.91 Å². The topological polar surface area (TPSA) is 103 Å². The number of thiocarbonyl (C=S) groups is 1. The number of carbonyl (C=O) groups excluding carboxylic acids is 3. The van der Waals surface area contributed by atoms with E-state index < -0.39 is 46.3 Å². The van der Waals surface area contributed by atoms with Gasteiger partial charge in [0.25, 0.3) is 11.8 Å². The van der Waals surface area contributed by atoms with Gasteiger partial charge in [0.1, 0.15) is 10.9 Å². The molecule has 2 N–H and O–H groups in total. The first-order valence-electron chi connectivity index (χ1n) is 8.79. The molecule has 1 aromatic heterocycles. The van der Waals surface area contributed by atoms with Crippen LogP contribution in [-0.4, -0.2) is 56.8 Å². The minimum absolute atomic E-state index is 0.0662. The van der Waals surface area contributed by atoms with Crippen LogP contribution in [0.1, 0.15) is 5.56 Å². The number of pyridine rings is 1. The zero-order valence-electron chi connectivity index (χ0n) is 16.4. The largest absolute Gasteiger partial charge is 0.506 e. The van der Waals surface area contributed by atoms with Crippen LogP contribution >= 0.6 is 23.8 Å². The number of aromatic hydroxyl groups is 1. The molecular weight excluding hydrogens is 473 g/mol. The number of benzene rings is 1. The van der Waals surface area contributed by atoms with E-state index in [1.165, 1.54) is 26.2 Å². The number of rotatable bonds is 3. The number of phenols is 1. The van der Waals surface area contributed by atoms with Gasteiger partial charge in [-0.05, 0) is 36.5 Å². The van der Waals surface area contributed by atoms with E-state index in [1.54, 1.807) is 0 Å². The molecule has 0 radical (unpaired) electrons. The highest BCUT2D eigenvalue weighted by atomic mass is 35.5. The second kappa shape index (κ2) is 8.36. The second-order valence-electron chi connectivity index (χ2n) is 6.79. The van der Waals surface area contributed by atoms with Crippen molar-refractivity contribution in [2.75, 3.05) is 19.4 Å². The zero-order valence-corrected chi connectivity index (χ0v) is 18.0. The highest BCUT2D eigenvalue weighted by molar-refractivity contribution is 7.80. The first-order valence-corrected chi connectivity index (χ1v) is 9.58. The van der Waals surface area contributed by atoms with Gasteiger partial charge in [-0.2, -0.15) is 13.2 Å². The molecule has 3 amide bonds. The molecule has 0 aliphatic carbocycles. The van der Waals surface area contributed by atoms with Crippen molar-refractivity contribution in [3.8, 4) is 17.0 Å². The Morgan fingerprint density at radius 2 is 1.75 bits per heavy atom. The summed E-state index contributed by atoms with van der Waals surface area (Å²) in [4.78, 5) is 43.1. The van der Waals surface area contributed by atoms with Gasteiger partial charge < -0.3 is 10.4 Å². The van der Waals surface area contributed by atoms with Gasteiger partial charge in [-0.3, -0.25) is 24.2 Å². The molecule has 0 spiro atoms. The summed E-state index contributed by atoms with van der Waals surface area (Å²) >= 11 is 10.6. The van der Waals surface area contributed by atoms with Gasteiger partial charge in [-0.1, -0.05) is 17.7 Å². The number of carbonyl (C=O) groups is 3. The van der Waals surface area contributed by atoms with Crippen molar-refractivity contribution in [3.63, 3.8) is 0 Å². The summed E-state index contributed by atoms with van der Waals surface area (Å²) in [7, 11) is 2.63.